The first-order chi connectivity index (χ1) is 7.51. The SMILES string of the molecule is C#CC(CCC)NCC(NC(C)=O)C(=O)O. The van der Waals surface area contributed by atoms with Gasteiger partial charge in [0, 0.05) is 13.5 Å². The maximum absolute atomic E-state index is 10.8. The zero-order valence-corrected chi connectivity index (χ0v) is 9.62. The number of nitrogens with one attached hydrogen (secondary N) is 2. The van der Waals surface area contributed by atoms with Crippen LogP contribution in [0.3, 0.4) is 0 Å². The van der Waals surface area contributed by atoms with Gasteiger partial charge in [0.25, 0.3) is 0 Å². The number of carboxylic acids is 1. The van der Waals surface area contributed by atoms with Crippen LogP contribution in [0.5, 0.6) is 0 Å². The van der Waals surface area contributed by atoms with Crippen molar-refractivity contribution >= 4 is 11.9 Å². The number of amides is 1. The molecule has 0 heterocycles. The maximum Gasteiger partial charge on any atom is 0.327 e. The second-order valence-electron chi connectivity index (χ2n) is 3.51. The summed E-state index contributed by atoms with van der Waals surface area (Å²) in [4.78, 5) is 21.5. The quantitative estimate of drug-likeness (QED) is 0.533. The molecule has 0 aliphatic rings. The summed E-state index contributed by atoms with van der Waals surface area (Å²) in [6.45, 7) is 3.40. The fourth-order valence-electron chi connectivity index (χ4n) is 1.24. The summed E-state index contributed by atoms with van der Waals surface area (Å²) in [5.74, 6) is 1.09. The van der Waals surface area contributed by atoms with Crippen LogP contribution in [0.2, 0.25) is 0 Å². The molecule has 1 amide bonds. The van der Waals surface area contributed by atoms with Gasteiger partial charge in [0.2, 0.25) is 5.91 Å². The van der Waals surface area contributed by atoms with Crippen molar-refractivity contribution in [2.75, 3.05) is 6.54 Å². The molecule has 0 rings (SSSR count). The number of rotatable bonds is 7. The number of terminal acetylenes is 1. The van der Waals surface area contributed by atoms with E-state index in [0.29, 0.717) is 0 Å². The molecular formula is C11H18N2O3. The van der Waals surface area contributed by atoms with Crippen molar-refractivity contribution < 1.29 is 14.7 Å². The van der Waals surface area contributed by atoms with Crippen molar-refractivity contribution in [3.05, 3.63) is 0 Å². The lowest BCUT2D eigenvalue weighted by molar-refractivity contribution is -0.141. The summed E-state index contributed by atoms with van der Waals surface area (Å²) >= 11 is 0. The van der Waals surface area contributed by atoms with Crippen LogP contribution in [0.4, 0.5) is 0 Å². The first-order valence-corrected chi connectivity index (χ1v) is 5.20. The predicted molar refractivity (Wildman–Crippen MR) is 60.8 cm³/mol. The number of carbonyl (C=O) groups is 2. The molecule has 2 unspecified atom stereocenters. The van der Waals surface area contributed by atoms with E-state index in [-0.39, 0.29) is 18.5 Å². The van der Waals surface area contributed by atoms with Gasteiger partial charge < -0.3 is 15.7 Å². The molecule has 0 aliphatic carbocycles. The molecule has 5 heteroatoms. The zero-order valence-electron chi connectivity index (χ0n) is 9.62. The highest BCUT2D eigenvalue weighted by atomic mass is 16.4. The van der Waals surface area contributed by atoms with Crippen LogP contribution in [0.15, 0.2) is 0 Å². The van der Waals surface area contributed by atoms with Gasteiger partial charge in [-0.15, -0.1) is 6.42 Å². The zero-order chi connectivity index (χ0) is 12.6. The lowest BCUT2D eigenvalue weighted by Crippen LogP contribution is -2.48. The second kappa shape index (κ2) is 7.71. The van der Waals surface area contributed by atoms with E-state index in [1.807, 2.05) is 6.92 Å². The maximum atomic E-state index is 10.8. The molecule has 0 saturated carbocycles. The molecule has 5 nitrogen and oxygen atoms in total. The molecule has 0 spiro atoms. The van der Waals surface area contributed by atoms with Crippen LogP contribution in [-0.2, 0) is 9.59 Å². The topological polar surface area (TPSA) is 78.4 Å². The van der Waals surface area contributed by atoms with Gasteiger partial charge in [-0.05, 0) is 6.42 Å². The first kappa shape index (κ1) is 14.5. The highest BCUT2D eigenvalue weighted by molar-refractivity contribution is 5.82. The average molecular weight is 226 g/mol. The predicted octanol–water partition coefficient (Wildman–Crippen LogP) is -0.0328. The Morgan fingerprint density at radius 3 is 2.50 bits per heavy atom. The Kier molecular flexibility index (Phi) is 6.97. The van der Waals surface area contributed by atoms with Gasteiger partial charge in [-0.2, -0.15) is 0 Å². The normalized spacial score (nSPS) is 13.6. The minimum absolute atomic E-state index is 0.129. The summed E-state index contributed by atoms with van der Waals surface area (Å²) in [6, 6.07) is -1.09. The third kappa shape index (κ3) is 6.04. The van der Waals surface area contributed by atoms with Crippen LogP contribution >= 0.6 is 0 Å². The standard InChI is InChI=1S/C11H18N2O3/c1-4-6-9(5-2)12-7-10(11(15)16)13-8(3)14/h2,9-10,12H,4,6-7H2,1,3H3,(H,13,14)(H,15,16). The van der Waals surface area contributed by atoms with Crippen molar-refractivity contribution in [3.8, 4) is 12.3 Å². The van der Waals surface area contributed by atoms with Gasteiger partial charge in [0.05, 0.1) is 6.04 Å². The Labute approximate surface area is 95.6 Å². The van der Waals surface area contributed by atoms with Crippen LogP contribution in [0, 0.1) is 12.3 Å². The van der Waals surface area contributed by atoms with Crippen LogP contribution < -0.4 is 10.6 Å². The minimum Gasteiger partial charge on any atom is -0.480 e. The molecule has 3 N–H and O–H groups in total. The minimum atomic E-state index is -1.07. The summed E-state index contributed by atoms with van der Waals surface area (Å²) in [5, 5.41) is 14.1. The lowest BCUT2D eigenvalue weighted by Gasteiger charge is -2.17. The molecule has 90 valence electrons. The van der Waals surface area contributed by atoms with Gasteiger partial charge in [-0.1, -0.05) is 19.3 Å². The Morgan fingerprint density at radius 1 is 1.50 bits per heavy atom. The third-order valence-corrected chi connectivity index (χ3v) is 2.02. The number of hydrogen-bond donors (Lipinski definition) is 3. The summed E-state index contributed by atoms with van der Waals surface area (Å²) in [5.41, 5.74) is 0. The highest BCUT2D eigenvalue weighted by Crippen LogP contribution is 1.95. The lowest BCUT2D eigenvalue weighted by atomic mass is 10.1. The van der Waals surface area contributed by atoms with Crippen molar-refractivity contribution in [1.82, 2.24) is 10.6 Å². The van der Waals surface area contributed by atoms with Crippen molar-refractivity contribution in [1.29, 1.82) is 0 Å². The van der Waals surface area contributed by atoms with Gasteiger partial charge in [-0.25, -0.2) is 4.79 Å². The van der Waals surface area contributed by atoms with Gasteiger partial charge >= 0.3 is 5.97 Å². The van der Waals surface area contributed by atoms with Crippen molar-refractivity contribution in [2.24, 2.45) is 0 Å². The Balaban J connectivity index is 4.15. The molecule has 0 aliphatic heterocycles. The van der Waals surface area contributed by atoms with E-state index in [1.165, 1.54) is 6.92 Å². The van der Waals surface area contributed by atoms with E-state index in [9.17, 15) is 9.59 Å². The van der Waals surface area contributed by atoms with Crippen molar-refractivity contribution in [3.63, 3.8) is 0 Å². The molecule has 0 radical (unpaired) electrons. The number of aliphatic carboxylic acids is 1. The molecule has 0 aromatic carbocycles. The van der Waals surface area contributed by atoms with Crippen LogP contribution in [0.25, 0.3) is 0 Å². The van der Waals surface area contributed by atoms with E-state index in [1.54, 1.807) is 0 Å². The van der Waals surface area contributed by atoms with Crippen LogP contribution in [-0.4, -0.2) is 35.6 Å². The summed E-state index contributed by atoms with van der Waals surface area (Å²) in [6.07, 6.45) is 6.97. The van der Waals surface area contributed by atoms with E-state index in [2.05, 4.69) is 16.6 Å². The fourth-order valence-corrected chi connectivity index (χ4v) is 1.24. The Hall–Kier alpha value is -1.54. The number of hydrogen-bond acceptors (Lipinski definition) is 3. The third-order valence-electron chi connectivity index (χ3n) is 2.02. The van der Waals surface area contributed by atoms with E-state index in [0.717, 1.165) is 12.8 Å². The summed E-state index contributed by atoms with van der Waals surface area (Å²) in [7, 11) is 0. The largest absolute Gasteiger partial charge is 0.480 e. The fraction of sp³-hybridized carbons (Fsp3) is 0.636. The molecule has 0 fully saturated rings. The van der Waals surface area contributed by atoms with Crippen molar-refractivity contribution in [2.45, 2.75) is 38.8 Å². The second-order valence-corrected chi connectivity index (χ2v) is 3.51. The van der Waals surface area contributed by atoms with E-state index in [4.69, 9.17) is 11.5 Å². The molecule has 0 aromatic heterocycles. The van der Waals surface area contributed by atoms with Crippen LogP contribution in [0.1, 0.15) is 26.7 Å². The van der Waals surface area contributed by atoms with E-state index < -0.39 is 12.0 Å². The smallest absolute Gasteiger partial charge is 0.327 e. The molecule has 0 aromatic rings. The molecule has 0 bridgehead atoms. The number of carboxylic acid groups (broad SMARTS) is 1. The monoisotopic (exact) mass is 226 g/mol. The first-order valence-electron chi connectivity index (χ1n) is 5.20. The van der Waals surface area contributed by atoms with Gasteiger partial charge in [-0.3, -0.25) is 4.79 Å². The number of carbonyl (C=O) groups excluding carboxylic acids is 1. The summed E-state index contributed by atoms with van der Waals surface area (Å²) < 4.78 is 0. The Bertz CT molecular complexity index is 283. The molecule has 16 heavy (non-hydrogen) atoms. The molecule has 2 atom stereocenters. The highest BCUT2D eigenvalue weighted by Gasteiger charge is 2.18. The van der Waals surface area contributed by atoms with E-state index >= 15 is 0 Å². The molecular weight excluding hydrogens is 208 g/mol. The van der Waals surface area contributed by atoms with Gasteiger partial charge in [0.15, 0.2) is 0 Å². The molecule has 0 saturated heterocycles. The average Bonchev–Trinajstić information content (AvgIpc) is 2.21. The van der Waals surface area contributed by atoms with Gasteiger partial charge in [0.1, 0.15) is 6.04 Å². The Morgan fingerprint density at radius 2 is 2.12 bits per heavy atom.